The average Bonchev–Trinajstić information content (AvgIpc) is 3.05. The molecule has 25 heavy (non-hydrogen) atoms. The van der Waals surface area contributed by atoms with E-state index in [9.17, 15) is 4.79 Å². The van der Waals surface area contributed by atoms with Gasteiger partial charge in [0.25, 0.3) is 0 Å². The van der Waals surface area contributed by atoms with E-state index in [-0.39, 0.29) is 5.91 Å². The third-order valence-electron chi connectivity index (χ3n) is 4.85. The van der Waals surface area contributed by atoms with Gasteiger partial charge in [-0.15, -0.1) is 0 Å². The van der Waals surface area contributed by atoms with Crippen LogP contribution in [-0.4, -0.2) is 25.7 Å². The molecule has 1 amide bonds. The lowest BCUT2D eigenvalue weighted by atomic mass is 9.97. The van der Waals surface area contributed by atoms with Crippen LogP contribution in [0.3, 0.4) is 0 Å². The first-order valence-electron chi connectivity index (χ1n) is 9.29. The summed E-state index contributed by atoms with van der Waals surface area (Å²) in [5, 5.41) is 3.03. The Bertz CT molecular complexity index is 669. The van der Waals surface area contributed by atoms with Gasteiger partial charge in [0.05, 0.1) is 6.61 Å². The summed E-state index contributed by atoms with van der Waals surface area (Å²) in [7, 11) is 0. The topological polar surface area (TPSA) is 38.3 Å². The molecule has 0 heterocycles. The zero-order chi connectivity index (χ0) is 17.3. The minimum Gasteiger partial charge on any atom is -0.381 e. The van der Waals surface area contributed by atoms with Crippen molar-refractivity contribution in [1.82, 2.24) is 5.32 Å². The van der Waals surface area contributed by atoms with Crippen molar-refractivity contribution in [2.45, 2.75) is 38.0 Å². The van der Waals surface area contributed by atoms with Crippen LogP contribution in [0.25, 0.3) is 0 Å². The van der Waals surface area contributed by atoms with Gasteiger partial charge in [-0.05, 0) is 48.3 Å². The predicted molar refractivity (Wildman–Crippen MR) is 101 cm³/mol. The molecule has 3 heteroatoms. The van der Waals surface area contributed by atoms with E-state index in [1.807, 2.05) is 18.2 Å². The lowest BCUT2D eigenvalue weighted by Gasteiger charge is -2.12. The van der Waals surface area contributed by atoms with Crippen LogP contribution < -0.4 is 5.32 Å². The molecule has 0 fully saturated rings. The van der Waals surface area contributed by atoms with E-state index >= 15 is 0 Å². The van der Waals surface area contributed by atoms with Crippen LogP contribution in [0.5, 0.6) is 0 Å². The number of carbonyl (C=O) groups excluding carboxylic acids is 1. The number of hydrogen-bond donors (Lipinski definition) is 1. The Labute approximate surface area is 150 Å². The molecular weight excluding hydrogens is 310 g/mol. The Morgan fingerprint density at radius 3 is 2.72 bits per heavy atom. The fourth-order valence-electron chi connectivity index (χ4n) is 3.49. The summed E-state index contributed by atoms with van der Waals surface area (Å²) >= 11 is 0. The number of hydrogen-bond acceptors (Lipinski definition) is 2. The van der Waals surface area contributed by atoms with Gasteiger partial charge in [-0.1, -0.05) is 54.6 Å². The van der Waals surface area contributed by atoms with Crippen LogP contribution in [0.15, 0.2) is 54.6 Å². The standard InChI is InChI=1S/C22H27NO2/c24-22(17-20-12-11-19-9-4-5-10-21(19)20)23-14-6-15-25-16-13-18-7-2-1-3-8-18/h1-5,7-10,20H,6,11-17H2,(H,23,24). The molecule has 0 spiro atoms. The molecule has 0 aromatic heterocycles. The van der Waals surface area contributed by atoms with Crippen molar-refractivity contribution in [2.75, 3.05) is 19.8 Å². The van der Waals surface area contributed by atoms with E-state index < -0.39 is 0 Å². The molecule has 0 bridgehead atoms. The van der Waals surface area contributed by atoms with E-state index in [0.717, 1.165) is 32.3 Å². The number of nitrogens with one attached hydrogen (secondary N) is 1. The molecule has 1 N–H and O–H groups in total. The molecule has 132 valence electrons. The third-order valence-corrected chi connectivity index (χ3v) is 4.85. The summed E-state index contributed by atoms with van der Waals surface area (Å²) in [6.45, 7) is 2.12. The zero-order valence-electron chi connectivity index (χ0n) is 14.7. The maximum atomic E-state index is 12.1. The summed E-state index contributed by atoms with van der Waals surface area (Å²) in [6.07, 6.45) is 4.60. The van der Waals surface area contributed by atoms with Crippen molar-refractivity contribution < 1.29 is 9.53 Å². The number of amides is 1. The Morgan fingerprint density at radius 1 is 1.04 bits per heavy atom. The van der Waals surface area contributed by atoms with E-state index in [4.69, 9.17) is 4.74 Å². The molecular formula is C22H27NO2. The number of rotatable bonds is 9. The SMILES string of the molecule is O=C(CC1CCc2ccccc21)NCCCOCCc1ccccc1. The molecule has 0 saturated carbocycles. The van der Waals surface area contributed by atoms with Gasteiger partial charge < -0.3 is 10.1 Å². The minimum atomic E-state index is 0.158. The molecule has 0 radical (unpaired) electrons. The number of ether oxygens (including phenoxy) is 1. The first kappa shape index (κ1) is 17.7. The van der Waals surface area contributed by atoms with Gasteiger partial charge in [0.1, 0.15) is 0 Å². The smallest absolute Gasteiger partial charge is 0.220 e. The number of benzene rings is 2. The average molecular weight is 337 g/mol. The predicted octanol–water partition coefficient (Wildman–Crippen LogP) is 3.87. The van der Waals surface area contributed by atoms with Crippen molar-refractivity contribution in [2.24, 2.45) is 0 Å². The molecule has 2 aromatic rings. The molecule has 0 aliphatic heterocycles. The van der Waals surface area contributed by atoms with Gasteiger partial charge in [-0.2, -0.15) is 0 Å². The van der Waals surface area contributed by atoms with Crippen LogP contribution in [-0.2, 0) is 22.4 Å². The van der Waals surface area contributed by atoms with Crippen LogP contribution in [0.2, 0.25) is 0 Å². The van der Waals surface area contributed by atoms with Crippen molar-refractivity contribution >= 4 is 5.91 Å². The summed E-state index contributed by atoms with van der Waals surface area (Å²) < 4.78 is 5.65. The lowest BCUT2D eigenvalue weighted by Crippen LogP contribution is -2.26. The second-order valence-electron chi connectivity index (χ2n) is 6.69. The van der Waals surface area contributed by atoms with Crippen LogP contribution in [0.1, 0.15) is 41.9 Å². The van der Waals surface area contributed by atoms with Gasteiger partial charge in [0, 0.05) is 19.6 Å². The largest absolute Gasteiger partial charge is 0.381 e. The monoisotopic (exact) mass is 337 g/mol. The molecule has 2 aromatic carbocycles. The molecule has 1 aliphatic carbocycles. The lowest BCUT2D eigenvalue weighted by molar-refractivity contribution is -0.121. The quantitative estimate of drug-likeness (QED) is 0.705. The van der Waals surface area contributed by atoms with Crippen molar-refractivity contribution in [1.29, 1.82) is 0 Å². The number of carbonyl (C=O) groups is 1. The highest BCUT2D eigenvalue weighted by Crippen LogP contribution is 2.34. The zero-order valence-corrected chi connectivity index (χ0v) is 14.7. The van der Waals surface area contributed by atoms with Crippen LogP contribution in [0, 0.1) is 0 Å². The van der Waals surface area contributed by atoms with E-state index in [1.165, 1.54) is 16.7 Å². The van der Waals surface area contributed by atoms with Crippen LogP contribution in [0.4, 0.5) is 0 Å². The summed E-state index contributed by atoms with van der Waals surface area (Å²) in [5.41, 5.74) is 4.07. The summed E-state index contributed by atoms with van der Waals surface area (Å²) in [5.74, 6) is 0.546. The van der Waals surface area contributed by atoms with Crippen LogP contribution >= 0.6 is 0 Å². The molecule has 1 unspecified atom stereocenters. The fourth-order valence-corrected chi connectivity index (χ4v) is 3.49. The van der Waals surface area contributed by atoms with Crippen molar-refractivity contribution in [3.05, 3.63) is 71.3 Å². The molecule has 1 atom stereocenters. The highest BCUT2D eigenvalue weighted by Gasteiger charge is 2.23. The second kappa shape index (κ2) is 9.38. The first-order valence-corrected chi connectivity index (χ1v) is 9.29. The summed E-state index contributed by atoms with van der Waals surface area (Å²) in [6, 6.07) is 18.9. The van der Waals surface area contributed by atoms with Gasteiger partial charge in [-0.25, -0.2) is 0 Å². The molecule has 0 saturated heterocycles. The first-order chi connectivity index (χ1) is 12.3. The van der Waals surface area contributed by atoms with Gasteiger partial charge in [0.15, 0.2) is 0 Å². The van der Waals surface area contributed by atoms with E-state index in [0.29, 0.717) is 25.5 Å². The number of fused-ring (bicyclic) bond motifs is 1. The Morgan fingerprint density at radius 2 is 1.84 bits per heavy atom. The second-order valence-corrected chi connectivity index (χ2v) is 6.69. The third kappa shape index (κ3) is 5.43. The highest BCUT2D eigenvalue weighted by molar-refractivity contribution is 5.77. The molecule has 1 aliphatic rings. The summed E-state index contributed by atoms with van der Waals surface area (Å²) in [4.78, 5) is 12.1. The maximum Gasteiger partial charge on any atom is 0.220 e. The normalized spacial score (nSPS) is 15.8. The maximum absolute atomic E-state index is 12.1. The minimum absolute atomic E-state index is 0.158. The Kier molecular flexibility index (Phi) is 6.63. The van der Waals surface area contributed by atoms with E-state index in [2.05, 4.69) is 41.7 Å². The molecule has 3 nitrogen and oxygen atoms in total. The highest BCUT2D eigenvalue weighted by atomic mass is 16.5. The Hall–Kier alpha value is -2.13. The molecule has 3 rings (SSSR count). The van der Waals surface area contributed by atoms with Crippen molar-refractivity contribution in [3.8, 4) is 0 Å². The van der Waals surface area contributed by atoms with E-state index in [1.54, 1.807) is 0 Å². The number of aryl methyl sites for hydroxylation is 1. The van der Waals surface area contributed by atoms with Crippen molar-refractivity contribution in [3.63, 3.8) is 0 Å². The van der Waals surface area contributed by atoms with Gasteiger partial charge in [-0.3, -0.25) is 4.79 Å². The van der Waals surface area contributed by atoms with Gasteiger partial charge in [0.2, 0.25) is 5.91 Å². The Balaban J connectivity index is 1.25. The fraction of sp³-hybridized carbons (Fsp3) is 0.409. The van der Waals surface area contributed by atoms with Gasteiger partial charge >= 0.3 is 0 Å².